The molecule has 0 bridgehead atoms. The Kier molecular flexibility index (Phi) is 7.36. The monoisotopic (exact) mass is 460 g/mol. The van der Waals surface area contributed by atoms with Gasteiger partial charge in [0.15, 0.2) is 5.76 Å². The molecular formula is C28H32N2O4. The molecule has 1 aliphatic rings. The molecule has 0 spiro atoms. The lowest BCUT2D eigenvalue weighted by Crippen LogP contribution is -2.46. The van der Waals surface area contributed by atoms with E-state index in [1.807, 2.05) is 63.2 Å². The van der Waals surface area contributed by atoms with E-state index in [0.717, 1.165) is 42.6 Å². The SMILES string of the molecule is CCOc1ccc([C@H](C(=O)NC2CCCC2)N(C(=O)c2ccco2)c2c(C)cccc2C)cc1. The second-order valence-corrected chi connectivity index (χ2v) is 8.79. The van der Waals surface area contributed by atoms with Crippen LogP contribution >= 0.6 is 0 Å². The summed E-state index contributed by atoms with van der Waals surface area (Å²) >= 11 is 0. The second-order valence-electron chi connectivity index (χ2n) is 8.79. The van der Waals surface area contributed by atoms with Crippen molar-refractivity contribution in [2.24, 2.45) is 0 Å². The number of anilines is 1. The molecule has 4 rings (SSSR count). The lowest BCUT2D eigenvalue weighted by Gasteiger charge is -2.33. The highest BCUT2D eigenvalue weighted by molar-refractivity contribution is 6.09. The van der Waals surface area contributed by atoms with Gasteiger partial charge in [0, 0.05) is 6.04 Å². The third-order valence-electron chi connectivity index (χ3n) is 6.35. The number of hydrogen-bond donors (Lipinski definition) is 1. The average Bonchev–Trinajstić information content (AvgIpc) is 3.53. The van der Waals surface area contributed by atoms with Gasteiger partial charge >= 0.3 is 0 Å². The number of carbonyl (C=O) groups is 2. The number of ether oxygens (including phenoxy) is 1. The summed E-state index contributed by atoms with van der Waals surface area (Å²) in [6.07, 6.45) is 5.59. The van der Waals surface area contributed by atoms with Crippen LogP contribution in [0.1, 0.15) is 65.9 Å². The van der Waals surface area contributed by atoms with Crippen LogP contribution in [0.15, 0.2) is 65.3 Å². The summed E-state index contributed by atoms with van der Waals surface area (Å²) in [6.45, 7) is 6.39. The number of aryl methyl sites for hydroxylation is 2. The highest BCUT2D eigenvalue weighted by atomic mass is 16.5. The predicted octanol–water partition coefficient (Wildman–Crippen LogP) is 5.74. The van der Waals surface area contributed by atoms with Gasteiger partial charge in [-0.05, 0) is 74.6 Å². The van der Waals surface area contributed by atoms with Crippen LogP contribution in [0.4, 0.5) is 5.69 Å². The molecule has 6 nitrogen and oxygen atoms in total. The Balaban J connectivity index is 1.84. The third kappa shape index (κ3) is 5.01. The standard InChI is InChI=1S/C28H32N2O4/c1-4-33-23-16-14-21(15-17-23)26(27(31)29-22-11-5-6-12-22)30(28(32)24-13-8-18-34-24)25-19(2)9-7-10-20(25)3/h7-10,13-18,22,26H,4-6,11-12H2,1-3H3,(H,29,31)/t26-/m1/s1. The Morgan fingerprint density at radius 1 is 1.03 bits per heavy atom. The van der Waals surface area contributed by atoms with Gasteiger partial charge in [0.05, 0.1) is 18.6 Å². The highest BCUT2D eigenvalue weighted by Crippen LogP contribution is 2.35. The molecule has 1 atom stereocenters. The molecule has 3 aromatic rings. The van der Waals surface area contributed by atoms with Crippen molar-refractivity contribution in [3.63, 3.8) is 0 Å². The minimum atomic E-state index is -0.867. The molecule has 1 N–H and O–H groups in total. The molecule has 1 aliphatic carbocycles. The first-order chi connectivity index (χ1) is 16.5. The molecule has 1 saturated carbocycles. The van der Waals surface area contributed by atoms with Crippen molar-refractivity contribution in [2.75, 3.05) is 11.5 Å². The molecule has 0 saturated heterocycles. The zero-order valence-corrected chi connectivity index (χ0v) is 20.0. The Bertz CT molecular complexity index is 1100. The van der Waals surface area contributed by atoms with Crippen LogP contribution in [0.3, 0.4) is 0 Å². The molecule has 178 valence electrons. The Hall–Kier alpha value is -3.54. The molecule has 0 aliphatic heterocycles. The van der Waals surface area contributed by atoms with Gasteiger partial charge in [-0.2, -0.15) is 0 Å². The number of benzene rings is 2. The molecule has 6 heteroatoms. The molecule has 1 aromatic heterocycles. The Labute approximate surface area is 200 Å². The van der Waals surface area contributed by atoms with E-state index in [1.165, 1.54) is 6.26 Å². The van der Waals surface area contributed by atoms with Crippen LogP contribution in [0.5, 0.6) is 5.75 Å². The van der Waals surface area contributed by atoms with Gasteiger partial charge in [0.2, 0.25) is 5.91 Å². The first kappa shape index (κ1) is 23.6. The number of nitrogens with one attached hydrogen (secondary N) is 1. The Morgan fingerprint density at radius 2 is 1.71 bits per heavy atom. The van der Waals surface area contributed by atoms with Gasteiger partial charge in [0.25, 0.3) is 5.91 Å². The minimum Gasteiger partial charge on any atom is -0.494 e. The van der Waals surface area contributed by atoms with E-state index in [1.54, 1.807) is 17.0 Å². The zero-order valence-electron chi connectivity index (χ0n) is 20.0. The van der Waals surface area contributed by atoms with Gasteiger partial charge in [-0.1, -0.05) is 43.2 Å². The number of rotatable bonds is 8. The van der Waals surface area contributed by atoms with Crippen molar-refractivity contribution in [1.29, 1.82) is 0 Å². The first-order valence-corrected chi connectivity index (χ1v) is 12.0. The number of para-hydroxylation sites is 1. The molecule has 2 aromatic carbocycles. The summed E-state index contributed by atoms with van der Waals surface area (Å²) in [7, 11) is 0. The minimum absolute atomic E-state index is 0.122. The largest absolute Gasteiger partial charge is 0.494 e. The molecular weight excluding hydrogens is 428 g/mol. The van der Waals surface area contributed by atoms with Crippen molar-refractivity contribution in [3.05, 3.63) is 83.3 Å². The lowest BCUT2D eigenvalue weighted by atomic mass is 9.99. The molecule has 1 fully saturated rings. The normalized spacial score (nSPS) is 14.6. The number of carbonyl (C=O) groups excluding carboxylic acids is 2. The van der Waals surface area contributed by atoms with Gasteiger partial charge in [-0.15, -0.1) is 0 Å². The second kappa shape index (κ2) is 10.6. The zero-order chi connectivity index (χ0) is 24.1. The quantitative estimate of drug-likeness (QED) is 0.465. The van der Waals surface area contributed by atoms with Crippen LogP contribution in [-0.2, 0) is 4.79 Å². The van der Waals surface area contributed by atoms with Gasteiger partial charge in [-0.3, -0.25) is 14.5 Å². The molecule has 0 unspecified atom stereocenters. The van der Waals surface area contributed by atoms with E-state index in [0.29, 0.717) is 17.9 Å². The number of furan rings is 1. The van der Waals surface area contributed by atoms with E-state index in [-0.39, 0.29) is 23.6 Å². The molecule has 1 heterocycles. The summed E-state index contributed by atoms with van der Waals surface area (Å²) < 4.78 is 11.1. The van der Waals surface area contributed by atoms with Crippen molar-refractivity contribution < 1.29 is 18.7 Å². The number of hydrogen-bond acceptors (Lipinski definition) is 4. The molecule has 0 radical (unpaired) electrons. The van der Waals surface area contributed by atoms with Crippen molar-refractivity contribution >= 4 is 17.5 Å². The fourth-order valence-electron chi connectivity index (χ4n) is 4.73. The fraction of sp³-hybridized carbons (Fsp3) is 0.357. The summed E-state index contributed by atoms with van der Waals surface area (Å²) in [4.78, 5) is 29.3. The van der Waals surface area contributed by atoms with E-state index in [4.69, 9.17) is 9.15 Å². The van der Waals surface area contributed by atoms with Crippen molar-refractivity contribution in [1.82, 2.24) is 5.32 Å². The maximum absolute atomic E-state index is 13.9. The van der Waals surface area contributed by atoms with E-state index in [2.05, 4.69) is 5.32 Å². The summed E-state index contributed by atoms with van der Waals surface area (Å²) in [5.74, 6) is 0.353. The summed E-state index contributed by atoms with van der Waals surface area (Å²) in [5.41, 5.74) is 3.24. The maximum atomic E-state index is 13.9. The number of nitrogens with zero attached hydrogens (tertiary/aromatic N) is 1. The predicted molar refractivity (Wildman–Crippen MR) is 132 cm³/mol. The third-order valence-corrected chi connectivity index (χ3v) is 6.35. The lowest BCUT2D eigenvalue weighted by molar-refractivity contribution is -0.123. The maximum Gasteiger partial charge on any atom is 0.294 e. The fourth-order valence-corrected chi connectivity index (χ4v) is 4.73. The number of amides is 2. The van der Waals surface area contributed by atoms with E-state index < -0.39 is 6.04 Å². The molecule has 34 heavy (non-hydrogen) atoms. The van der Waals surface area contributed by atoms with Crippen LogP contribution in [0.2, 0.25) is 0 Å². The Morgan fingerprint density at radius 3 is 2.29 bits per heavy atom. The van der Waals surface area contributed by atoms with E-state index in [9.17, 15) is 9.59 Å². The van der Waals surface area contributed by atoms with Crippen molar-refractivity contribution in [2.45, 2.75) is 58.5 Å². The van der Waals surface area contributed by atoms with Crippen molar-refractivity contribution in [3.8, 4) is 5.75 Å². The first-order valence-electron chi connectivity index (χ1n) is 12.0. The van der Waals surface area contributed by atoms with Crippen LogP contribution in [0.25, 0.3) is 0 Å². The smallest absolute Gasteiger partial charge is 0.294 e. The van der Waals surface area contributed by atoms with Gasteiger partial charge in [-0.25, -0.2) is 0 Å². The van der Waals surface area contributed by atoms with E-state index >= 15 is 0 Å². The van der Waals surface area contributed by atoms with Crippen LogP contribution in [0, 0.1) is 13.8 Å². The van der Waals surface area contributed by atoms with Gasteiger partial charge < -0.3 is 14.5 Å². The van der Waals surface area contributed by atoms with Gasteiger partial charge in [0.1, 0.15) is 11.8 Å². The van der Waals surface area contributed by atoms with Crippen LogP contribution < -0.4 is 15.0 Å². The highest BCUT2D eigenvalue weighted by Gasteiger charge is 2.37. The van der Waals surface area contributed by atoms with Crippen LogP contribution in [-0.4, -0.2) is 24.5 Å². The average molecular weight is 461 g/mol. The summed E-state index contributed by atoms with van der Waals surface area (Å²) in [5, 5.41) is 3.21. The summed E-state index contributed by atoms with van der Waals surface area (Å²) in [6, 6.07) is 15.8. The topological polar surface area (TPSA) is 71.8 Å². The molecule has 2 amide bonds.